The fourth-order valence-corrected chi connectivity index (χ4v) is 5.44. The molecule has 4 rings (SSSR count). The number of pyridine rings is 2. The minimum Gasteiger partial charge on any atom is -0.368 e. The van der Waals surface area contributed by atoms with Crippen LogP contribution in [0.5, 0.6) is 0 Å². The first-order valence-corrected chi connectivity index (χ1v) is 14.0. The Morgan fingerprint density at radius 2 is 1.73 bits per heavy atom. The summed E-state index contributed by atoms with van der Waals surface area (Å²) in [5.41, 5.74) is 8.24. The highest BCUT2D eigenvalue weighted by atomic mass is 16.2. The van der Waals surface area contributed by atoms with Crippen LogP contribution in [-0.4, -0.2) is 45.8 Å². The van der Waals surface area contributed by atoms with Gasteiger partial charge in [0.05, 0.1) is 6.54 Å². The molecular formula is C31H38N6O3. The van der Waals surface area contributed by atoms with Crippen LogP contribution in [0.3, 0.4) is 0 Å². The summed E-state index contributed by atoms with van der Waals surface area (Å²) in [5.74, 6) is -0.436. The lowest BCUT2D eigenvalue weighted by Crippen LogP contribution is -2.43. The molecule has 1 aliphatic carbocycles. The second-order valence-corrected chi connectivity index (χ2v) is 10.1. The Labute approximate surface area is 235 Å². The lowest BCUT2D eigenvalue weighted by atomic mass is 9.74. The van der Waals surface area contributed by atoms with E-state index in [-0.39, 0.29) is 23.8 Å². The number of nitrogens with zero attached hydrogens (tertiary/aromatic N) is 4. The Morgan fingerprint density at radius 1 is 0.975 bits per heavy atom. The topological polar surface area (TPSA) is 122 Å². The number of primary amides is 1. The Kier molecular flexibility index (Phi) is 9.83. The molecule has 0 saturated heterocycles. The molecule has 1 saturated carbocycles. The van der Waals surface area contributed by atoms with Crippen molar-refractivity contribution >= 4 is 23.7 Å². The lowest BCUT2D eigenvalue weighted by molar-refractivity contribution is -0.131. The van der Waals surface area contributed by atoms with Crippen molar-refractivity contribution in [3.8, 4) is 0 Å². The number of aromatic nitrogens is 2. The van der Waals surface area contributed by atoms with E-state index in [1.165, 1.54) is 0 Å². The molecular weight excluding hydrogens is 504 g/mol. The van der Waals surface area contributed by atoms with Crippen LogP contribution in [-0.2, 0) is 16.1 Å². The van der Waals surface area contributed by atoms with E-state index in [4.69, 9.17) is 5.73 Å². The smallest absolute Gasteiger partial charge is 0.325 e. The van der Waals surface area contributed by atoms with Gasteiger partial charge in [-0.05, 0) is 61.9 Å². The van der Waals surface area contributed by atoms with E-state index in [1.54, 1.807) is 40.5 Å². The molecule has 3 N–H and O–H groups in total. The lowest BCUT2D eigenvalue weighted by Gasteiger charge is -2.32. The summed E-state index contributed by atoms with van der Waals surface area (Å²) in [6.45, 7) is 5.53. The molecule has 9 heteroatoms. The summed E-state index contributed by atoms with van der Waals surface area (Å²) in [6.07, 6.45) is 8.45. The van der Waals surface area contributed by atoms with Gasteiger partial charge in [0, 0.05) is 43.2 Å². The quantitative estimate of drug-likeness (QED) is 0.389. The first kappa shape index (κ1) is 28.7. The number of carbonyl (C=O) groups is 3. The molecule has 40 heavy (non-hydrogen) atoms. The molecule has 0 aliphatic heterocycles. The number of rotatable bonds is 10. The maximum atomic E-state index is 13.4. The molecule has 1 fully saturated rings. The maximum absolute atomic E-state index is 13.4. The average Bonchev–Trinajstić information content (AvgIpc) is 3.00. The zero-order chi connectivity index (χ0) is 28.5. The Bertz CT molecular complexity index is 1270. The van der Waals surface area contributed by atoms with Crippen LogP contribution in [0.1, 0.15) is 68.2 Å². The van der Waals surface area contributed by atoms with Gasteiger partial charge in [-0.1, -0.05) is 49.2 Å². The van der Waals surface area contributed by atoms with E-state index < -0.39 is 11.9 Å². The number of nitrogens with two attached hydrogens (primary N) is 1. The highest BCUT2D eigenvalue weighted by molar-refractivity contribution is 5.91. The fourth-order valence-electron chi connectivity index (χ4n) is 5.44. The normalized spacial score (nSPS) is 17.4. The van der Waals surface area contributed by atoms with Crippen molar-refractivity contribution in [3.05, 3.63) is 89.9 Å². The zero-order valence-corrected chi connectivity index (χ0v) is 23.2. The summed E-state index contributed by atoms with van der Waals surface area (Å²) in [5, 5.41) is 2.88. The molecule has 1 aliphatic rings. The van der Waals surface area contributed by atoms with Crippen LogP contribution in [0.25, 0.3) is 0 Å². The summed E-state index contributed by atoms with van der Waals surface area (Å²) in [7, 11) is 0. The summed E-state index contributed by atoms with van der Waals surface area (Å²) >= 11 is 0. The molecule has 0 spiro atoms. The van der Waals surface area contributed by atoms with E-state index in [9.17, 15) is 14.4 Å². The number of carbonyl (C=O) groups excluding carboxylic acids is 3. The van der Waals surface area contributed by atoms with Gasteiger partial charge in [-0.2, -0.15) is 0 Å². The van der Waals surface area contributed by atoms with Gasteiger partial charge in [-0.3, -0.25) is 19.5 Å². The van der Waals surface area contributed by atoms with Crippen LogP contribution in [0.2, 0.25) is 0 Å². The van der Waals surface area contributed by atoms with Crippen LogP contribution in [0, 0.1) is 5.92 Å². The molecule has 0 bridgehead atoms. The van der Waals surface area contributed by atoms with Crippen LogP contribution in [0.15, 0.2) is 73.2 Å². The minimum atomic E-state index is -0.924. The highest BCUT2D eigenvalue weighted by Gasteiger charge is 2.34. The molecule has 3 atom stereocenters. The predicted molar refractivity (Wildman–Crippen MR) is 154 cm³/mol. The summed E-state index contributed by atoms with van der Waals surface area (Å²) < 4.78 is 0. The van der Waals surface area contributed by atoms with E-state index in [0.29, 0.717) is 31.0 Å². The number of benzene rings is 1. The Hall–Kier alpha value is -4.27. The largest absolute Gasteiger partial charge is 0.368 e. The summed E-state index contributed by atoms with van der Waals surface area (Å²) in [4.78, 5) is 50.9. The fraction of sp³-hybridized carbons (Fsp3) is 0.387. The van der Waals surface area contributed by atoms with E-state index in [2.05, 4.69) is 27.4 Å². The van der Waals surface area contributed by atoms with Gasteiger partial charge in [-0.15, -0.1) is 0 Å². The van der Waals surface area contributed by atoms with Crippen molar-refractivity contribution in [3.63, 3.8) is 0 Å². The molecule has 2 aromatic heterocycles. The maximum Gasteiger partial charge on any atom is 0.325 e. The van der Waals surface area contributed by atoms with Crippen molar-refractivity contribution in [2.75, 3.05) is 18.0 Å². The van der Waals surface area contributed by atoms with Gasteiger partial charge in [0.1, 0.15) is 11.9 Å². The van der Waals surface area contributed by atoms with Crippen molar-refractivity contribution in [2.45, 2.75) is 58.0 Å². The monoisotopic (exact) mass is 542 g/mol. The average molecular weight is 543 g/mol. The van der Waals surface area contributed by atoms with Crippen LogP contribution >= 0.6 is 0 Å². The predicted octanol–water partition coefficient (Wildman–Crippen LogP) is 4.56. The standard InChI is InChI=1S/C31H38N6O3/c1-3-36(4-2)31(40)37(27-13-7-8-19-34-27)21-22-14-16-23(17-15-22)25-11-5-6-12-26(25)30(39)35-28(29(32)38)24-10-9-18-33-20-24/h7-10,13-20,25-26,28H,3-6,11-12,21H2,1-2H3,(H2,32,38)(H,35,39). The number of urea groups is 1. The first-order valence-electron chi connectivity index (χ1n) is 14.0. The number of hydrogen-bond donors (Lipinski definition) is 2. The van der Waals surface area contributed by atoms with Gasteiger partial charge in [-0.25, -0.2) is 9.78 Å². The van der Waals surface area contributed by atoms with E-state index in [1.807, 2.05) is 44.2 Å². The molecule has 3 aromatic rings. The van der Waals surface area contributed by atoms with Crippen LogP contribution in [0.4, 0.5) is 10.6 Å². The Balaban J connectivity index is 1.51. The van der Waals surface area contributed by atoms with Gasteiger partial charge in [0.2, 0.25) is 11.8 Å². The molecule has 2 heterocycles. The van der Waals surface area contributed by atoms with Crippen molar-refractivity contribution in [2.24, 2.45) is 11.7 Å². The van der Waals surface area contributed by atoms with Gasteiger partial charge >= 0.3 is 6.03 Å². The van der Waals surface area contributed by atoms with Crippen molar-refractivity contribution < 1.29 is 14.4 Å². The second-order valence-electron chi connectivity index (χ2n) is 10.1. The number of amides is 4. The van der Waals surface area contributed by atoms with Crippen LogP contribution < -0.4 is 16.0 Å². The molecule has 210 valence electrons. The zero-order valence-electron chi connectivity index (χ0n) is 23.2. The Morgan fingerprint density at radius 3 is 2.35 bits per heavy atom. The third kappa shape index (κ3) is 6.83. The van der Waals surface area contributed by atoms with Gasteiger partial charge in [0.25, 0.3) is 0 Å². The third-order valence-electron chi connectivity index (χ3n) is 7.63. The number of hydrogen-bond acceptors (Lipinski definition) is 5. The first-order chi connectivity index (χ1) is 19.4. The number of anilines is 1. The molecule has 9 nitrogen and oxygen atoms in total. The molecule has 4 amide bonds. The number of nitrogens with one attached hydrogen (secondary N) is 1. The SMILES string of the molecule is CCN(CC)C(=O)N(Cc1ccc(C2CCCCC2C(=O)NC(C(N)=O)c2cccnc2)cc1)c1ccccn1. The highest BCUT2D eigenvalue weighted by Crippen LogP contribution is 2.38. The molecule has 3 unspecified atom stereocenters. The second kappa shape index (κ2) is 13.7. The van der Waals surface area contributed by atoms with Crippen molar-refractivity contribution in [1.29, 1.82) is 0 Å². The van der Waals surface area contributed by atoms with E-state index in [0.717, 1.165) is 36.8 Å². The molecule has 0 radical (unpaired) electrons. The minimum absolute atomic E-state index is 0.0226. The third-order valence-corrected chi connectivity index (χ3v) is 7.63. The van der Waals surface area contributed by atoms with Crippen molar-refractivity contribution in [1.82, 2.24) is 20.2 Å². The van der Waals surface area contributed by atoms with Gasteiger partial charge < -0.3 is 16.0 Å². The molecule has 1 aromatic carbocycles. The van der Waals surface area contributed by atoms with E-state index >= 15 is 0 Å². The summed E-state index contributed by atoms with van der Waals surface area (Å²) in [6, 6.07) is 16.1. The van der Waals surface area contributed by atoms with Gasteiger partial charge in [0.15, 0.2) is 0 Å².